The summed E-state index contributed by atoms with van der Waals surface area (Å²) in [6.07, 6.45) is 0.979. The molecule has 0 aromatic heterocycles. The number of amides is 1. The molecular weight excluding hydrogens is 416 g/mol. The van der Waals surface area contributed by atoms with Gasteiger partial charge in [0.2, 0.25) is 10.0 Å². The lowest BCUT2D eigenvalue weighted by Gasteiger charge is -2.29. The minimum Gasteiger partial charge on any atom is -0.493 e. The fourth-order valence-corrected chi connectivity index (χ4v) is 5.14. The van der Waals surface area contributed by atoms with Crippen LogP contribution in [0.15, 0.2) is 30.3 Å². The first kappa shape index (κ1) is 23.1. The largest absolute Gasteiger partial charge is 0.493 e. The number of carbonyl (C=O) groups is 1. The van der Waals surface area contributed by atoms with Crippen molar-refractivity contribution in [3.8, 4) is 11.5 Å². The van der Waals surface area contributed by atoms with E-state index in [9.17, 15) is 13.2 Å². The first-order valence-electron chi connectivity index (χ1n) is 10.3. The number of rotatable bonds is 8. The van der Waals surface area contributed by atoms with Crippen molar-refractivity contribution in [2.75, 3.05) is 33.1 Å². The summed E-state index contributed by atoms with van der Waals surface area (Å²) >= 11 is 0. The number of aryl methyl sites for hydroxylation is 2. The Morgan fingerprint density at radius 3 is 2.35 bits per heavy atom. The molecule has 0 bridgehead atoms. The summed E-state index contributed by atoms with van der Waals surface area (Å²) in [6.45, 7) is 5.00. The molecule has 0 spiro atoms. The minimum atomic E-state index is -3.43. The molecule has 0 unspecified atom stereocenters. The van der Waals surface area contributed by atoms with Crippen LogP contribution in [0.5, 0.6) is 11.5 Å². The maximum Gasteiger partial charge on any atom is 0.251 e. The highest BCUT2D eigenvalue weighted by atomic mass is 32.2. The normalized spacial score (nSPS) is 14.1. The lowest BCUT2D eigenvalue weighted by Crippen LogP contribution is -2.38. The van der Waals surface area contributed by atoms with Gasteiger partial charge >= 0.3 is 0 Å². The Hall–Kier alpha value is -2.58. The van der Waals surface area contributed by atoms with Gasteiger partial charge in [-0.05, 0) is 73.2 Å². The van der Waals surface area contributed by atoms with Gasteiger partial charge in [0, 0.05) is 25.2 Å². The second-order valence-corrected chi connectivity index (χ2v) is 9.87. The Morgan fingerprint density at radius 1 is 1.03 bits per heavy atom. The van der Waals surface area contributed by atoms with Crippen LogP contribution in [0.2, 0.25) is 0 Å². The van der Waals surface area contributed by atoms with E-state index >= 15 is 0 Å². The molecule has 1 amide bonds. The predicted molar refractivity (Wildman–Crippen MR) is 120 cm³/mol. The zero-order valence-corrected chi connectivity index (χ0v) is 19.3. The molecule has 0 aliphatic carbocycles. The molecule has 7 nitrogen and oxygen atoms in total. The van der Waals surface area contributed by atoms with Crippen LogP contribution in [0.25, 0.3) is 0 Å². The summed E-state index contributed by atoms with van der Waals surface area (Å²) in [7, 11) is -0.277. The predicted octanol–water partition coefficient (Wildman–Crippen LogP) is 2.83. The number of fused-ring (bicyclic) bond motifs is 1. The Morgan fingerprint density at radius 2 is 1.71 bits per heavy atom. The fraction of sp³-hybridized carbons (Fsp3) is 0.435. The zero-order valence-electron chi connectivity index (χ0n) is 18.5. The van der Waals surface area contributed by atoms with Gasteiger partial charge < -0.3 is 14.8 Å². The van der Waals surface area contributed by atoms with Crippen LogP contribution in [-0.2, 0) is 23.0 Å². The molecule has 2 aromatic rings. The molecule has 1 aliphatic rings. The number of sulfonamides is 1. The lowest BCUT2D eigenvalue weighted by molar-refractivity contribution is 0.0953. The molecular formula is C23H30N2O5S. The molecule has 168 valence electrons. The molecule has 0 saturated carbocycles. The van der Waals surface area contributed by atoms with E-state index in [1.54, 1.807) is 20.3 Å². The van der Waals surface area contributed by atoms with Gasteiger partial charge in [0.1, 0.15) is 0 Å². The number of nitrogens with zero attached hydrogens (tertiary/aromatic N) is 1. The van der Waals surface area contributed by atoms with Crippen molar-refractivity contribution in [1.29, 1.82) is 0 Å². The third-order valence-corrected chi connectivity index (χ3v) is 7.61. The first-order chi connectivity index (χ1) is 14.7. The average molecular weight is 447 g/mol. The quantitative estimate of drug-likeness (QED) is 0.631. The molecule has 1 heterocycles. The van der Waals surface area contributed by atoms with E-state index < -0.39 is 10.0 Å². The van der Waals surface area contributed by atoms with Crippen molar-refractivity contribution < 1.29 is 22.7 Å². The fourth-order valence-electron chi connectivity index (χ4n) is 3.67. The van der Waals surface area contributed by atoms with E-state index in [1.807, 2.05) is 38.1 Å². The van der Waals surface area contributed by atoms with Crippen LogP contribution in [0.1, 0.15) is 39.0 Å². The SMILES string of the molecule is COc1cc2c(cc1OC)CN(S(=O)(=O)CCCNC(=O)c1ccc(C)c(C)c1)CC2. The highest BCUT2D eigenvalue weighted by Crippen LogP contribution is 2.33. The van der Waals surface area contributed by atoms with Crippen molar-refractivity contribution in [2.45, 2.75) is 33.2 Å². The van der Waals surface area contributed by atoms with Crippen molar-refractivity contribution in [3.05, 3.63) is 58.1 Å². The third-order valence-electron chi connectivity index (χ3n) is 5.71. The molecule has 0 saturated heterocycles. The first-order valence-corrected chi connectivity index (χ1v) is 11.9. The van der Waals surface area contributed by atoms with E-state index in [-0.39, 0.29) is 11.7 Å². The van der Waals surface area contributed by atoms with Gasteiger partial charge in [0.15, 0.2) is 11.5 Å². The number of benzene rings is 2. The highest BCUT2D eigenvalue weighted by molar-refractivity contribution is 7.89. The number of hydrogen-bond acceptors (Lipinski definition) is 5. The molecule has 1 N–H and O–H groups in total. The van der Waals surface area contributed by atoms with Gasteiger partial charge in [-0.1, -0.05) is 6.07 Å². The van der Waals surface area contributed by atoms with Crippen LogP contribution in [0.4, 0.5) is 0 Å². The minimum absolute atomic E-state index is 0.0111. The Balaban J connectivity index is 1.55. The summed E-state index contributed by atoms with van der Waals surface area (Å²) in [5, 5.41) is 2.81. The van der Waals surface area contributed by atoms with E-state index in [0.29, 0.717) is 49.5 Å². The summed E-state index contributed by atoms with van der Waals surface area (Å²) in [4.78, 5) is 12.3. The summed E-state index contributed by atoms with van der Waals surface area (Å²) in [5.41, 5.74) is 4.76. The highest BCUT2D eigenvalue weighted by Gasteiger charge is 2.27. The van der Waals surface area contributed by atoms with E-state index in [0.717, 1.165) is 22.3 Å². The van der Waals surface area contributed by atoms with Crippen molar-refractivity contribution >= 4 is 15.9 Å². The van der Waals surface area contributed by atoms with E-state index in [1.165, 1.54) is 4.31 Å². The third kappa shape index (κ3) is 5.37. The van der Waals surface area contributed by atoms with Gasteiger partial charge in [-0.15, -0.1) is 0 Å². The van der Waals surface area contributed by atoms with Crippen LogP contribution in [-0.4, -0.2) is 51.7 Å². The summed E-state index contributed by atoms with van der Waals surface area (Å²) in [6, 6.07) is 9.30. The number of nitrogens with one attached hydrogen (secondary N) is 1. The molecule has 0 fully saturated rings. The van der Waals surface area contributed by atoms with Crippen molar-refractivity contribution in [2.24, 2.45) is 0 Å². The smallest absolute Gasteiger partial charge is 0.251 e. The van der Waals surface area contributed by atoms with Crippen LogP contribution in [0, 0.1) is 13.8 Å². The molecule has 1 aliphatic heterocycles. The Labute approximate surface area is 184 Å². The molecule has 2 aromatic carbocycles. The molecule has 0 atom stereocenters. The van der Waals surface area contributed by atoms with Crippen LogP contribution in [0.3, 0.4) is 0 Å². The maximum absolute atomic E-state index is 12.8. The number of methoxy groups -OCH3 is 2. The molecule has 8 heteroatoms. The van der Waals surface area contributed by atoms with E-state index in [2.05, 4.69) is 5.32 Å². The van der Waals surface area contributed by atoms with Crippen LogP contribution >= 0.6 is 0 Å². The van der Waals surface area contributed by atoms with Gasteiger partial charge in [-0.25, -0.2) is 8.42 Å². The summed E-state index contributed by atoms with van der Waals surface area (Å²) in [5.74, 6) is 1.04. The molecule has 3 rings (SSSR count). The van der Waals surface area contributed by atoms with E-state index in [4.69, 9.17) is 9.47 Å². The zero-order chi connectivity index (χ0) is 22.6. The number of ether oxygens (including phenoxy) is 2. The second-order valence-electron chi connectivity index (χ2n) is 7.78. The van der Waals surface area contributed by atoms with Gasteiger partial charge in [0.25, 0.3) is 5.91 Å². The van der Waals surface area contributed by atoms with Crippen molar-refractivity contribution in [1.82, 2.24) is 9.62 Å². The summed E-state index contributed by atoms with van der Waals surface area (Å²) < 4.78 is 37.8. The lowest BCUT2D eigenvalue weighted by atomic mass is 10.0. The Kier molecular flexibility index (Phi) is 7.23. The van der Waals surface area contributed by atoms with Crippen LogP contribution < -0.4 is 14.8 Å². The average Bonchev–Trinajstić information content (AvgIpc) is 2.76. The van der Waals surface area contributed by atoms with Crippen molar-refractivity contribution in [3.63, 3.8) is 0 Å². The monoisotopic (exact) mass is 446 g/mol. The topological polar surface area (TPSA) is 84.9 Å². The Bertz CT molecular complexity index is 1070. The van der Waals surface area contributed by atoms with Gasteiger partial charge in [-0.2, -0.15) is 4.31 Å². The molecule has 31 heavy (non-hydrogen) atoms. The van der Waals surface area contributed by atoms with Gasteiger partial charge in [-0.3, -0.25) is 4.79 Å². The standard InChI is InChI=1S/C23H30N2O5S/c1-16-6-7-19(12-17(16)2)23(26)24-9-5-11-31(27,28)25-10-8-18-13-21(29-3)22(30-4)14-20(18)15-25/h6-7,12-14H,5,8-11,15H2,1-4H3,(H,24,26). The second kappa shape index (κ2) is 9.70. The maximum atomic E-state index is 12.8. The number of hydrogen-bond donors (Lipinski definition) is 1. The molecule has 0 radical (unpaired) electrons. The van der Waals surface area contributed by atoms with Gasteiger partial charge in [0.05, 0.1) is 20.0 Å². The number of carbonyl (C=O) groups excluding carboxylic acids is 1.